The molecule has 0 aliphatic carbocycles. The van der Waals surface area contributed by atoms with Crippen molar-refractivity contribution in [3.8, 4) is 0 Å². The summed E-state index contributed by atoms with van der Waals surface area (Å²) in [6.07, 6.45) is 1.74. The van der Waals surface area contributed by atoms with Crippen molar-refractivity contribution in [3.63, 3.8) is 0 Å². The molecule has 20 heavy (non-hydrogen) atoms. The van der Waals surface area contributed by atoms with Gasteiger partial charge in [0.2, 0.25) is 0 Å². The lowest BCUT2D eigenvalue weighted by Crippen LogP contribution is -2.08. The van der Waals surface area contributed by atoms with Gasteiger partial charge in [-0.05, 0) is 37.3 Å². The Balaban J connectivity index is 1.94. The second-order valence-corrected chi connectivity index (χ2v) is 5.01. The first-order chi connectivity index (χ1) is 9.63. The highest BCUT2D eigenvalue weighted by atomic mass is 15.1. The summed E-state index contributed by atoms with van der Waals surface area (Å²) in [6.45, 7) is 1.98. The van der Waals surface area contributed by atoms with Crippen molar-refractivity contribution < 1.29 is 0 Å². The van der Waals surface area contributed by atoms with Crippen LogP contribution in [-0.2, 0) is 0 Å². The average Bonchev–Trinajstić information content (AvgIpc) is 2.87. The molecule has 3 rings (SSSR count). The molecule has 0 aliphatic rings. The summed E-state index contributed by atoms with van der Waals surface area (Å²) in [7, 11) is 4.06. The lowest BCUT2D eigenvalue weighted by Gasteiger charge is -2.13. The van der Waals surface area contributed by atoms with Crippen LogP contribution in [0.3, 0.4) is 0 Å². The Kier molecular flexibility index (Phi) is 3.02. The second kappa shape index (κ2) is 4.85. The maximum Gasteiger partial charge on any atom is 0.110 e. The van der Waals surface area contributed by atoms with Crippen molar-refractivity contribution in [2.24, 2.45) is 0 Å². The van der Waals surface area contributed by atoms with E-state index in [0.29, 0.717) is 0 Å². The molecule has 0 spiro atoms. The minimum atomic E-state index is 0.873. The van der Waals surface area contributed by atoms with Crippen LogP contribution in [0.25, 0.3) is 11.0 Å². The summed E-state index contributed by atoms with van der Waals surface area (Å²) in [4.78, 5) is 6.51. The van der Waals surface area contributed by atoms with Crippen LogP contribution in [0.5, 0.6) is 0 Å². The Morgan fingerprint density at radius 3 is 2.60 bits per heavy atom. The van der Waals surface area contributed by atoms with Gasteiger partial charge in [0.05, 0.1) is 11.9 Å². The fourth-order valence-corrected chi connectivity index (χ4v) is 2.16. The monoisotopic (exact) mass is 267 g/mol. The Bertz CT molecular complexity index is 728. The second-order valence-electron chi connectivity index (χ2n) is 5.01. The highest BCUT2D eigenvalue weighted by molar-refractivity contribution is 5.89. The molecule has 5 nitrogen and oxygen atoms in total. The minimum Gasteiger partial charge on any atom is -0.378 e. The molecule has 1 aromatic carbocycles. The van der Waals surface area contributed by atoms with E-state index >= 15 is 0 Å². The molecule has 2 heterocycles. The maximum absolute atomic E-state index is 4.43. The number of benzene rings is 1. The van der Waals surface area contributed by atoms with E-state index in [1.165, 1.54) is 5.69 Å². The molecule has 0 unspecified atom stereocenters. The van der Waals surface area contributed by atoms with Crippen LogP contribution in [0.15, 0.2) is 36.5 Å². The molecule has 0 amide bonds. The fourth-order valence-electron chi connectivity index (χ4n) is 2.16. The summed E-state index contributed by atoms with van der Waals surface area (Å²) >= 11 is 0. The molecule has 5 heteroatoms. The third-order valence-electron chi connectivity index (χ3n) is 3.20. The van der Waals surface area contributed by atoms with Crippen LogP contribution in [0, 0.1) is 6.92 Å². The van der Waals surface area contributed by atoms with Crippen LogP contribution in [0.4, 0.5) is 17.1 Å². The van der Waals surface area contributed by atoms with Gasteiger partial charge in [0.25, 0.3) is 0 Å². The van der Waals surface area contributed by atoms with E-state index in [2.05, 4.69) is 49.7 Å². The SMILES string of the molecule is Cc1cc(Nc2ccc(N(C)C)cc2)c2[nH]ncc2n1. The topological polar surface area (TPSA) is 56.8 Å². The number of H-pyrrole nitrogens is 1. The molecule has 0 aliphatic heterocycles. The van der Waals surface area contributed by atoms with E-state index < -0.39 is 0 Å². The van der Waals surface area contributed by atoms with Crippen LogP contribution in [0.1, 0.15) is 5.69 Å². The number of anilines is 3. The molecule has 2 aromatic heterocycles. The smallest absolute Gasteiger partial charge is 0.110 e. The summed E-state index contributed by atoms with van der Waals surface area (Å²) in [5.41, 5.74) is 5.96. The van der Waals surface area contributed by atoms with Gasteiger partial charge < -0.3 is 10.2 Å². The number of hydrogen-bond donors (Lipinski definition) is 2. The van der Waals surface area contributed by atoms with E-state index in [1.807, 2.05) is 27.1 Å². The normalized spacial score (nSPS) is 10.8. The highest BCUT2D eigenvalue weighted by Crippen LogP contribution is 2.25. The molecule has 0 atom stereocenters. The van der Waals surface area contributed by atoms with Gasteiger partial charge in [0.1, 0.15) is 11.0 Å². The van der Waals surface area contributed by atoms with E-state index in [0.717, 1.165) is 28.1 Å². The van der Waals surface area contributed by atoms with Crippen molar-refractivity contribution >= 4 is 28.1 Å². The molecule has 102 valence electrons. The fraction of sp³-hybridized carbons (Fsp3) is 0.200. The van der Waals surface area contributed by atoms with Crippen molar-refractivity contribution in [3.05, 3.63) is 42.2 Å². The number of aromatic nitrogens is 3. The Morgan fingerprint density at radius 2 is 1.90 bits per heavy atom. The molecule has 0 fully saturated rings. The lowest BCUT2D eigenvalue weighted by molar-refractivity contribution is 1.12. The number of nitrogens with one attached hydrogen (secondary N) is 2. The number of aromatic amines is 1. The van der Waals surface area contributed by atoms with Crippen LogP contribution < -0.4 is 10.2 Å². The first-order valence-electron chi connectivity index (χ1n) is 6.48. The van der Waals surface area contributed by atoms with Gasteiger partial charge in [0, 0.05) is 31.2 Å². The summed E-state index contributed by atoms with van der Waals surface area (Å²) in [5.74, 6) is 0. The van der Waals surface area contributed by atoms with Gasteiger partial charge in [-0.25, -0.2) is 4.98 Å². The Morgan fingerprint density at radius 1 is 1.15 bits per heavy atom. The van der Waals surface area contributed by atoms with E-state index in [4.69, 9.17) is 0 Å². The highest BCUT2D eigenvalue weighted by Gasteiger charge is 2.06. The summed E-state index contributed by atoms with van der Waals surface area (Å²) < 4.78 is 0. The Hall–Kier alpha value is -2.56. The maximum atomic E-state index is 4.43. The van der Waals surface area contributed by atoms with E-state index in [9.17, 15) is 0 Å². The van der Waals surface area contributed by atoms with Gasteiger partial charge in [-0.15, -0.1) is 0 Å². The first-order valence-corrected chi connectivity index (χ1v) is 6.48. The van der Waals surface area contributed by atoms with Crippen LogP contribution in [0.2, 0.25) is 0 Å². The molecular formula is C15H17N5. The predicted octanol–water partition coefficient (Wildman–Crippen LogP) is 3.08. The molecule has 0 saturated carbocycles. The van der Waals surface area contributed by atoms with Crippen LogP contribution >= 0.6 is 0 Å². The number of hydrogen-bond acceptors (Lipinski definition) is 4. The lowest BCUT2D eigenvalue weighted by atomic mass is 10.2. The van der Waals surface area contributed by atoms with Crippen LogP contribution in [-0.4, -0.2) is 29.3 Å². The van der Waals surface area contributed by atoms with Crippen molar-refractivity contribution in [1.29, 1.82) is 0 Å². The zero-order chi connectivity index (χ0) is 14.1. The third kappa shape index (κ3) is 2.30. The van der Waals surface area contributed by atoms with Crippen molar-refractivity contribution in [1.82, 2.24) is 15.2 Å². The van der Waals surface area contributed by atoms with Gasteiger partial charge in [0.15, 0.2) is 0 Å². The zero-order valence-electron chi connectivity index (χ0n) is 11.8. The molecule has 0 saturated heterocycles. The number of rotatable bonds is 3. The average molecular weight is 267 g/mol. The number of nitrogens with zero attached hydrogens (tertiary/aromatic N) is 3. The molecule has 3 aromatic rings. The van der Waals surface area contributed by atoms with Crippen molar-refractivity contribution in [2.75, 3.05) is 24.3 Å². The number of pyridine rings is 1. The summed E-state index contributed by atoms with van der Waals surface area (Å²) in [5, 5.41) is 10.4. The van der Waals surface area contributed by atoms with Gasteiger partial charge in [-0.1, -0.05) is 0 Å². The van der Waals surface area contributed by atoms with Gasteiger partial charge in [-0.2, -0.15) is 5.10 Å². The number of aryl methyl sites for hydroxylation is 1. The predicted molar refractivity (Wildman–Crippen MR) is 82.7 cm³/mol. The summed E-state index contributed by atoms with van der Waals surface area (Å²) in [6, 6.07) is 10.3. The molecule has 2 N–H and O–H groups in total. The third-order valence-corrected chi connectivity index (χ3v) is 3.20. The zero-order valence-corrected chi connectivity index (χ0v) is 11.8. The standard InChI is InChI=1S/C15H17N5/c1-10-8-13(15-14(17-10)9-16-19-15)18-11-4-6-12(7-5-11)20(2)3/h4-9H,1-3H3,(H,16,19)(H,17,18). The largest absolute Gasteiger partial charge is 0.378 e. The number of fused-ring (bicyclic) bond motifs is 1. The minimum absolute atomic E-state index is 0.873. The quantitative estimate of drug-likeness (QED) is 0.765. The van der Waals surface area contributed by atoms with Gasteiger partial charge in [-0.3, -0.25) is 5.10 Å². The molecular weight excluding hydrogens is 250 g/mol. The Labute approximate surface area is 117 Å². The molecule has 0 radical (unpaired) electrons. The first kappa shape index (κ1) is 12.5. The van der Waals surface area contributed by atoms with Crippen molar-refractivity contribution in [2.45, 2.75) is 6.92 Å². The van der Waals surface area contributed by atoms with E-state index in [1.54, 1.807) is 6.20 Å². The van der Waals surface area contributed by atoms with E-state index in [-0.39, 0.29) is 0 Å². The van der Waals surface area contributed by atoms with Gasteiger partial charge >= 0.3 is 0 Å². The molecule has 0 bridgehead atoms.